The molecule has 3 heterocycles. The highest BCUT2D eigenvalue weighted by molar-refractivity contribution is 5.91. The van der Waals surface area contributed by atoms with Crippen molar-refractivity contribution in [1.29, 1.82) is 0 Å². The van der Waals surface area contributed by atoms with Crippen LogP contribution in [0.1, 0.15) is 6.92 Å². The Morgan fingerprint density at radius 3 is 2.59 bits per heavy atom. The van der Waals surface area contributed by atoms with Crippen LogP contribution in [0.25, 0.3) is 33.8 Å². The van der Waals surface area contributed by atoms with Crippen LogP contribution in [-0.4, -0.2) is 44.8 Å². The number of nitrogens with zero attached hydrogens (tertiary/aromatic N) is 5. The number of aromatic nitrogens is 5. The molecular weight excluding hydrogens is 368 g/mol. The second-order valence-corrected chi connectivity index (χ2v) is 6.39. The van der Waals surface area contributed by atoms with Gasteiger partial charge in [0.05, 0.1) is 6.61 Å². The summed E-state index contributed by atoms with van der Waals surface area (Å²) in [7, 11) is 1.64. The summed E-state index contributed by atoms with van der Waals surface area (Å²) in [5.74, 6) is 1.74. The standard InChI is InChI=1S/C21H22N6O2/c1-3-27-19(14-7-9-23-10-8-14)24-18-17(25-21(22)26-20(18)27)15-5-4-6-16(13-15)29-12-11-28-2/h4-10,13H,3,11-12H2,1-2H3,(H2,22,25,26). The lowest BCUT2D eigenvalue weighted by molar-refractivity contribution is 0.146. The Morgan fingerprint density at radius 2 is 1.83 bits per heavy atom. The highest BCUT2D eigenvalue weighted by atomic mass is 16.5. The van der Waals surface area contributed by atoms with Crippen molar-refractivity contribution >= 4 is 17.1 Å². The second kappa shape index (κ2) is 8.24. The van der Waals surface area contributed by atoms with Crippen LogP contribution >= 0.6 is 0 Å². The first-order valence-corrected chi connectivity index (χ1v) is 9.37. The molecule has 1 aromatic carbocycles. The number of imidazole rings is 1. The Morgan fingerprint density at radius 1 is 1.00 bits per heavy atom. The molecule has 0 atom stereocenters. The average Bonchev–Trinajstić information content (AvgIpc) is 3.12. The first-order valence-electron chi connectivity index (χ1n) is 9.37. The van der Waals surface area contributed by atoms with Crippen molar-refractivity contribution in [3.63, 3.8) is 0 Å². The van der Waals surface area contributed by atoms with Gasteiger partial charge in [0.1, 0.15) is 29.4 Å². The molecule has 0 aliphatic carbocycles. The minimum absolute atomic E-state index is 0.203. The lowest BCUT2D eigenvalue weighted by atomic mass is 10.1. The highest BCUT2D eigenvalue weighted by Gasteiger charge is 2.19. The SMILES string of the molecule is CCn1c(-c2ccncc2)nc2c(-c3cccc(OCCOC)c3)nc(N)nc21. The van der Waals surface area contributed by atoms with E-state index in [0.29, 0.717) is 36.6 Å². The van der Waals surface area contributed by atoms with E-state index in [9.17, 15) is 0 Å². The van der Waals surface area contributed by atoms with Crippen LogP contribution < -0.4 is 10.5 Å². The summed E-state index contributed by atoms with van der Waals surface area (Å²) < 4.78 is 12.8. The normalized spacial score (nSPS) is 11.1. The summed E-state index contributed by atoms with van der Waals surface area (Å²) in [4.78, 5) is 17.9. The van der Waals surface area contributed by atoms with Crippen molar-refractivity contribution < 1.29 is 9.47 Å². The molecule has 0 fully saturated rings. The Kier molecular flexibility index (Phi) is 5.35. The molecule has 148 valence electrons. The maximum atomic E-state index is 6.05. The number of methoxy groups -OCH3 is 1. The van der Waals surface area contributed by atoms with Gasteiger partial charge in [0, 0.05) is 37.2 Å². The van der Waals surface area contributed by atoms with Gasteiger partial charge in [-0.1, -0.05) is 12.1 Å². The molecule has 4 aromatic rings. The molecular formula is C21H22N6O2. The molecule has 3 aromatic heterocycles. The number of aryl methyl sites for hydroxylation is 1. The van der Waals surface area contributed by atoms with E-state index >= 15 is 0 Å². The van der Waals surface area contributed by atoms with Gasteiger partial charge in [0.15, 0.2) is 5.65 Å². The van der Waals surface area contributed by atoms with Crippen LogP contribution in [0.5, 0.6) is 5.75 Å². The third kappa shape index (κ3) is 3.74. The number of fused-ring (bicyclic) bond motifs is 1. The number of anilines is 1. The van der Waals surface area contributed by atoms with Gasteiger partial charge in [-0.25, -0.2) is 9.97 Å². The minimum atomic E-state index is 0.203. The summed E-state index contributed by atoms with van der Waals surface area (Å²) >= 11 is 0. The Labute approximate surface area is 168 Å². The molecule has 0 saturated heterocycles. The predicted octanol–water partition coefficient (Wildman–Crippen LogP) is 3.18. The smallest absolute Gasteiger partial charge is 0.222 e. The molecule has 0 spiro atoms. The van der Waals surface area contributed by atoms with E-state index in [2.05, 4.69) is 15.0 Å². The van der Waals surface area contributed by atoms with Crippen molar-refractivity contribution in [2.45, 2.75) is 13.5 Å². The van der Waals surface area contributed by atoms with E-state index in [1.165, 1.54) is 0 Å². The van der Waals surface area contributed by atoms with E-state index in [1.54, 1.807) is 19.5 Å². The van der Waals surface area contributed by atoms with Crippen molar-refractivity contribution in [2.24, 2.45) is 0 Å². The largest absolute Gasteiger partial charge is 0.491 e. The van der Waals surface area contributed by atoms with Crippen molar-refractivity contribution in [3.8, 4) is 28.4 Å². The molecule has 29 heavy (non-hydrogen) atoms. The molecule has 0 unspecified atom stereocenters. The second-order valence-electron chi connectivity index (χ2n) is 6.39. The average molecular weight is 390 g/mol. The van der Waals surface area contributed by atoms with Crippen LogP contribution in [0, 0.1) is 0 Å². The lowest BCUT2D eigenvalue weighted by Crippen LogP contribution is -2.04. The fraction of sp³-hybridized carbons (Fsp3) is 0.238. The van der Waals surface area contributed by atoms with Crippen LogP contribution in [0.15, 0.2) is 48.8 Å². The third-order valence-electron chi connectivity index (χ3n) is 4.53. The number of ether oxygens (including phenoxy) is 2. The Balaban J connectivity index is 1.85. The molecule has 0 amide bonds. The molecule has 8 heteroatoms. The molecule has 0 aliphatic rings. The Bertz CT molecular complexity index is 1130. The van der Waals surface area contributed by atoms with Gasteiger partial charge < -0.3 is 19.8 Å². The number of hydrogen-bond acceptors (Lipinski definition) is 7. The monoisotopic (exact) mass is 390 g/mol. The summed E-state index contributed by atoms with van der Waals surface area (Å²) in [5.41, 5.74) is 9.94. The van der Waals surface area contributed by atoms with Gasteiger partial charge >= 0.3 is 0 Å². The van der Waals surface area contributed by atoms with Crippen LogP contribution in [0.3, 0.4) is 0 Å². The molecule has 0 aliphatic heterocycles. The molecule has 4 rings (SSSR count). The van der Waals surface area contributed by atoms with Crippen molar-refractivity contribution in [1.82, 2.24) is 24.5 Å². The summed E-state index contributed by atoms with van der Waals surface area (Å²) in [6.07, 6.45) is 3.49. The van der Waals surface area contributed by atoms with Crippen LogP contribution in [0.2, 0.25) is 0 Å². The lowest BCUT2D eigenvalue weighted by Gasteiger charge is -2.08. The van der Waals surface area contributed by atoms with Crippen LogP contribution in [0.4, 0.5) is 5.95 Å². The minimum Gasteiger partial charge on any atom is -0.491 e. The van der Waals surface area contributed by atoms with E-state index < -0.39 is 0 Å². The maximum absolute atomic E-state index is 6.05. The predicted molar refractivity (Wildman–Crippen MR) is 111 cm³/mol. The van der Waals surface area contributed by atoms with E-state index in [0.717, 1.165) is 22.7 Å². The zero-order chi connectivity index (χ0) is 20.2. The molecule has 2 N–H and O–H groups in total. The van der Waals surface area contributed by atoms with Gasteiger partial charge in [0.2, 0.25) is 5.95 Å². The molecule has 8 nitrogen and oxygen atoms in total. The third-order valence-corrected chi connectivity index (χ3v) is 4.53. The zero-order valence-electron chi connectivity index (χ0n) is 16.4. The quantitative estimate of drug-likeness (QED) is 0.484. The number of nitrogen functional groups attached to an aromatic ring is 1. The van der Waals surface area contributed by atoms with Gasteiger partial charge in [0.25, 0.3) is 0 Å². The number of rotatable bonds is 7. The number of pyridine rings is 1. The van der Waals surface area contributed by atoms with E-state index in [4.69, 9.17) is 20.2 Å². The van der Waals surface area contributed by atoms with E-state index in [1.807, 2.05) is 47.9 Å². The summed E-state index contributed by atoms with van der Waals surface area (Å²) in [6, 6.07) is 11.5. The van der Waals surface area contributed by atoms with Gasteiger partial charge in [-0.3, -0.25) is 4.98 Å². The number of hydrogen-bond donors (Lipinski definition) is 1. The van der Waals surface area contributed by atoms with Gasteiger partial charge in [-0.2, -0.15) is 4.98 Å². The number of nitrogens with two attached hydrogens (primary N) is 1. The summed E-state index contributed by atoms with van der Waals surface area (Å²) in [6.45, 7) is 3.74. The van der Waals surface area contributed by atoms with Crippen LogP contribution in [-0.2, 0) is 11.3 Å². The van der Waals surface area contributed by atoms with Gasteiger partial charge in [-0.15, -0.1) is 0 Å². The van der Waals surface area contributed by atoms with Crippen molar-refractivity contribution in [3.05, 3.63) is 48.8 Å². The van der Waals surface area contributed by atoms with E-state index in [-0.39, 0.29) is 5.95 Å². The molecule has 0 bridgehead atoms. The number of benzene rings is 1. The maximum Gasteiger partial charge on any atom is 0.222 e. The highest BCUT2D eigenvalue weighted by Crippen LogP contribution is 2.32. The molecule has 0 radical (unpaired) electrons. The first kappa shape index (κ1) is 18.8. The summed E-state index contributed by atoms with van der Waals surface area (Å²) in [5, 5.41) is 0. The van der Waals surface area contributed by atoms with Gasteiger partial charge in [-0.05, 0) is 31.2 Å². The van der Waals surface area contributed by atoms with Crippen molar-refractivity contribution in [2.75, 3.05) is 26.1 Å². The fourth-order valence-corrected chi connectivity index (χ4v) is 3.22. The zero-order valence-corrected chi connectivity index (χ0v) is 16.4. The molecule has 0 saturated carbocycles. The first-order chi connectivity index (χ1) is 14.2. The Hall–Kier alpha value is -3.52. The topological polar surface area (TPSA) is 101 Å². The fourth-order valence-electron chi connectivity index (χ4n) is 3.22.